The van der Waals surface area contributed by atoms with Gasteiger partial charge in [0.2, 0.25) is 0 Å². The SMILES string of the molecule is CN(c1cnc2ccccc2n1)C(C)(C)CCl. The van der Waals surface area contributed by atoms with Crippen LogP contribution in [0.1, 0.15) is 13.8 Å². The van der Waals surface area contributed by atoms with Crippen molar-refractivity contribution in [2.45, 2.75) is 19.4 Å². The van der Waals surface area contributed by atoms with Gasteiger partial charge in [-0.3, -0.25) is 4.98 Å². The molecule has 0 spiro atoms. The minimum atomic E-state index is -0.140. The standard InChI is InChI=1S/C13H16ClN3/c1-13(2,9-14)17(3)12-8-15-10-6-4-5-7-11(10)16-12/h4-8H,9H2,1-3H3. The molecule has 0 N–H and O–H groups in total. The van der Waals surface area contributed by atoms with Gasteiger partial charge in [0, 0.05) is 18.5 Å². The van der Waals surface area contributed by atoms with Crippen LogP contribution in [-0.4, -0.2) is 28.4 Å². The van der Waals surface area contributed by atoms with Crippen molar-refractivity contribution >= 4 is 28.5 Å². The molecule has 1 heterocycles. The number of fused-ring (bicyclic) bond motifs is 1. The van der Waals surface area contributed by atoms with Crippen LogP contribution >= 0.6 is 11.6 Å². The molecule has 0 aliphatic heterocycles. The molecule has 0 aliphatic rings. The summed E-state index contributed by atoms with van der Waals surface area (Å²) >= 11 is 5.97. The molecule has 0 atom stereocenters. The summed E-state index contributed by atoms with van der Waals surface area (Å²) < 4.78 is 0. The van der Waals surface area contributed by atoms with Crippen LogP contribution in [0.25, 0.3) is 11.0 Å². The van der Waals surface area contributed by atoms with Gasteiger partial charge >= 0.3 is 0 Å². The normalized spacial score (nSPS) is 11.8. The lowest BCUT2D eigenvalue weighted by atomic mass is 10.1. The van der Waals surface area contributed by atoms with Crippen molar-refractivity contribution in [1.29, 1.82) is 0 Å². The van der Waals surface area contributed by atoms with Crippen molar-refractivity contribution in [2.75, 3.05) is 17.8 Å². The number of anilines is 1. The van der Waals surface area contributed by atoms with Crippen molar-refractivity contribution < 1.29 is 0 Å². The zero-order valence-electron chi connectivity index (χ0n) is 10.3. The molecule has 0 saturated heterocycles. The molecule has 90 valence electrons. The molecule has 0 amide bonds. The Morgan fingerprint density at radius 1 is 1.24 bits per heavy atom. The van der Waals surface area contributed by atoms with Crippen LogP contribution in [0.15, 0.2) is 30.5 Å². The van der Waals surface area contributed by atoms with E-state index in [-0.39, 0.29) is 5.54 Å². The Balaban J connectivity index is 2.43. The molecule has 0 bridgehead atoms. The second-order valence-electron chi connectivity index (χ2n) is 4.72. The van der Waals surface area contributed by atoms with Gasteiger partial charge in [-0.05, 0) is 26.0 Å². The quantitative estimate of drug-likeness (QED) is 0.783. The summed E-state index contributed by atoms with van der Waals surface area (Å²) in [7, 11) is 1.99. The molecule has 4 heteroatoms. The van der Waals surface area contributed by atoms with Crippen molar-refractivity contribution in [3.8, 4) is 0 Å². The number of alkyl halides is 1. The van der Waals surface area contributed by atoms with Crippen molar-refractivity contribution in [3.63, 3.8) is 0 Å². The third-order valence-electron chi connectivity index (χ3n) is 3.01. The zero-order valence-corrected chi connectivity index (χ0v) is 11.1. The minimum absolute atomic E-state index is 0.140. The maximum atomic E-state index is 5.97. The van der Waals surface area contributed by atoms with Gasteiger partial charge in [-0.1, -0.05) is 12.1 Å². The fraction of sp³-hybridized carbons (Fsp3) is 0.385. The lowest BCUT2D eigenvalue weighted by molar-refractivity contribution is 0.540. The third kappa shape index (κ3) is 2.34. The van der Waals surface area contributed by atoms with Gasteiger partial charge in [-0.15, -0.1) is 11.6 Å². The second-order valence-corrected chi connectivity index (χ2v) is 4.99. The number of aromatic nitrogens is 2. The average molecular weight is 250 g/mol. The summed E-state index contributed by atoms with van der Waals surface area (Å²) in [6.45, 7) is 4.16. The Kier molecular flexibility index (Phi) is 3.20. The largest absolute Gasteiger partial charge is 0.352 e. The molecule has 3 nitrogen and oxygen atoms in total. The number of halogens is 1. The monoisotopic (exact) mass is 249 g/mol. The number of hydrogen-bond acceptors (Lipinski definition) is 3. The first-order valence-electron chi connectivity index (χ1n) is 5.56. The summed E-state index contributed by atoms with van der Waals surface area (Å²) in [5.41, 5.74) is 1.68. The second kappa shape index (κ2) is 4.49. The van der Waals surface area contributed by atoms with E-state index in [1.54, 1.807) is 6.20 Å². The molecular formula is C13H16ClN3. The molecule has 0 unspecified atom stereocenters. The third-order valence-corrected chi connectivity index (χ3v) is 3.67. The Morgan fingerprint density at radius 2 is 1.88 bits per heavy atom. The van der Waals surface area contributed by atoms with Gasteiger partial charge in [-0.25, -0.2) is 4.98 Å². The molecule has 1 aromatic carbocycles. The summed E-state index contributed by atoms with van der Waals surface area (Å²) in [6, 6.07) is 7.85. The maximum absolute atomic E-state index is 5.97. The van der Waals surface area contributed by atoms with Crippen LogP contribution in [0.2, 0.25) is 0 Å². The molecule has 17 heavy (non-hydrogen) atoms. The van der Waals surface area contributed by atoms with Gasteiger partial charge in [0.15, 0.2) is 0 Å². The number of rotatable bonds is 3. The molecular weight excluding hydrogens is 234 g/mol. The predicted octanol–water partition coefficient (Wildman–Crippen LogP) is 3.08. The van der Waals surface area contributed by atoms with Crippen LogP contribution in [-0.2, 0) is 0 Å². The molecule has 2 rings (SSSR count). The van der Waals surface area contributed by atoms with Gasteiger partial charge in [0.05, 0.1) is 17.2 Å². The average Bonchev–Trinajstić information content (AvgIpc) is 2.37. The van der Waals surface area contributed by atoms with E-state index >= 15 is 0 Å². The van der Waals surface area contributed by atoms with E-state index in [2.05, 4.69) is 28.7 Å². The number of para-hydroxylation sites is 2. The zero-order chi connectivity index (χ0) is 12.5. The Bertz CT molecular complexity index is 525. The summed E-state index contributed by atoms with van der Waals surface area (Å²) in [4.78, 5) is 11.1. The van der Waals surface area contributed by atoms with Gasteiger partial charge in [-0.2, -0.15) is 0 Å². The summed E-state index contributed by atoms with van der Waals surface area (Å²) in [5, 5.41) is 0. The Labute approximate surface area is 106 Å². The first-order valence-corrected chi connectivity index (χ1v) is 6.09. The van der Waals surface area contributed by atoms with E-state index in [0.29, 0.717) is 5.88 Å². The van der Waals surface area contributed by atoms with E-state index in [9.17, 15) is 0 Å². The highest BCUT2D eigenvalue weighted by atomic mass is 35.5. The van der Waals surface area contributed by atoms with Crippen molar-refractivity contribution in [2.24, 2.45) is 0 Å². The fourth-order valence-electron chi connectivity index (χ4n) is 1.51. The van der Waals surface area contributed by atoms with E-state index in [1.807, 2.05) is 31.3 Å². The maximum Gasteiger partial charge on any atom is 0.148 e. The van der Waals surface area contributed by atoms with Gasteiger partial charge in [0.25, 0.3) is 0 Å². The van der Waals surface area contributed by atoms with Crippen LogP contribution in [0.4, 0.5) is 5.82 Å². The molecule has 0 radical (unpaired) electrons. The molecule has 0 saturated carbocycles. The van der Waals surface area contributed by atoms with Crippen LogP contribution < -0.4 is 4.90 Å². The molecule has 0 aliphatic carbocycles. The number of benzene rings is 1. The Hall–Kier alpha value is -1.35. The first kappa shape index (κ1) is 12.1. The van der Waals surface area contributed by atoms with Crippen molar-refractivity contribution in [3.05, 3.63) is 30.5 Å². The summed E-state index contributed by atoms with van der Waals surface area (Å²) in [5.74, 6) is 1.38. The van der Waals surface area contributed by atoms with Gasteiger partial charge in [0.1, 0.15) is 5.82 Å². The van der Waals surface area contributed by atoms with E-state index < -0.39 is 0 Å². The topological polar surface area (TPSA) is 29.0 Å². The molecule has 1 aromatic heterocycles. The Morgan fingerprint density at radius 3 is 2.53 bits per heavy atom. The lowest BCUT2D eigenvalue weighted by Crippen LogP contribution is -2.43. The first-order chi connectivity index (χ1) is 8.04. The van der Waals surface area contributed by atoms with E-state index in [4.69, 9.17) is 11.6 Å². The number of hydrogen-bond donors (Lipinski definition) is 0. The molecule has 0 fully saturated rings. The highest BCUT2D eigenvalue weighted by molar-refractivity contribution is 6.18. The smallest absolute Gasteiger partial charge is 0.148 e. The van der Waals surface area contributed by atoms with E-state index in [1.165, 1.54) is 0 Å². The van der Waals surface area contributed by atoms with Gasteiger partial charge < -0.3 is 4.90 Å². The predicted molar refractivity (Wildman–Crippen MR) is 72.7 cm³/mol. The number of nitrogens with zero attached hydrogens (tertiary/aromatic N) is 3. The lowest BCUT2D eigenvalue weighted by Gasteiger charge is -2.34. The fourth-order valence-corrected chi connectivity index (χ4v) is 1.69. The van der Waals surface area contributed by atoms with Crippen LogP contribution in [0, 0.1) is 0 Å². The highest BCUT2D eigenvalue weighted by Gasteiger charge is 2.23. The highest BCUT2D eigenvalue weighted by Crippen LogP contribution is 2.22. The van der Waals surface area contributed by atoms with Crippen LogP contribution in [0.5, 0.6) is 0 Å². The van der Waals surface area contributed by atoms with Crippen molar-refractivity contribution in [1.82, 2.24) is 9.97 Å². The minimum Gasteiger partial charge on any atom is -0.352 e. The van der Waals surface area contributed by atoms with Crippen LogP contribution in [0.3, 0.4) is 0 Å². The summed E-state index contributed by atoms with van der Waals surface area (Å²) in [6.07, 6.45) is 1.79. The van der Waals surface area contributed by atoms with E-state index in [0.717, 1.165) is 16.9 Å². The molecule has 2 aromatic rings.